The number of amides is 1. The summed E-state index contributed by atoms with van der Waals surface area (Å²) in [5.74, 6) is 0.163. The van der Waals surface area contributed by atoms with Crippen LogP contribution >= 0.6 is 11.3 Å². The molecule has 1 saturated heterocycles. The van der Waals surface area contributed by atoms with Crippen molar-refractivity contribution in [2.45, 2.75) is 32.8 Å². The Balaban J connectivity index is 2.03. The van der Waals surface area contributed by atoms with E-state index in [1.165, 1.54) is 4.88 Å². The highest BCUT2D eigenvalue weighted by molar-refractivity contribution is 7.14. The number of rotatable bonds is 3. The van der Waals surface area contributed by atoms with Crippen LogP contribution in [0.4, 0.5) is 0 Å². The number of aryl methyl sites for hydroxylation is 1. The first-order valence-corrected chi connectivity index (χ1v) is 7.05. The minimum absolute atomic E-state index is 0.163. The second kappa shape index (κ2) is 5.65. The summed E-state index contributed by atoms with van der Waals surface area (Å²) < 4.78 is 5.58. The van der Waals surface area contributed by atoms with Gasteiger partial charge in [-0.2, -0.15) is 0 Å². The van der Waals surface area contributed by atoms with Gasteiger partial charge in [-0.3, -0.25) is 4.79 Å². The van der Waals surface area contributed by atoms with E-state index in [9.17, 15) is 4.79 Å². The molecule has 94 valence electrons. The van der Waals surface area contributed by atoms with Gasteiger partial charge >= 0.3 is 0 Å². The molecular formula is C13H19NO2S. The number of carbonyl (C=O) groups excluding carboxylic acids is 1. The predicted octanol–water partition coefficient (Wildman–Crippen LogP) is 2.56. The Labute approximate surface area is 106 Å². The van der Waals surface area contributed by atoms with E-state index >= 15 is 0 Å². The lowest BCUT2D eigenvalue weighted by Gasteiger charge is -2.32. The first kappa shape index (κ1) is 12.6. The van der Waals surface area contributed by atoms with Gasteiger partial charge < -0.3 is 9.64 Å². The SMILES string of the molecule is CCc1ccc(C(=O)N2CCOC(CC)C2)s1. The van der Waals surface area contributed by atoms with E-state index in [4.69, 9.17) is 4.74 Å². The predicted molar refractivity (Wildman–Crippen MR) is 69.6 cm³/mol. The highest BCUT2D eigenvalue weighted by atomic mass is 32.1. The molecule has 1 fully saturated rings. The lowest BCUT2D eigenvalue weighted by molar-refractivity contribution is -0.0224. The fourth-order valence-corrected chi connectivity index (χ4v) is 2.90. The van der Waals surface area contributed by atoms with Crippen molar-refractivity contribution in [3.05, 3.63) is 21.9 Å². The number of thiophene rings is 1. The molecule has 0 aliphatic carbocycles. The van der Waals surface area contributed by atoms with E-state index in [-0.39, 0.29) is 12.0 Å². The van der Waals surface area contributed by atoms with Gasteiger partial charge in [-0.15, -0.1) is 11.3 Å². The van der Waals surface area contributed by atoms with Gasteiger partial charge in [-0.25, -0.2) is 0 Å². The Morgan fingerprint density at radius 3 is 3.00 bits per heavy atom. The zero-order valence-corrected chi connectivity index (χ0v) is 11.3. The Kier molecular flexibility index (Phi) is 4.18. The van der Waals surface area contributed by atoms with E-state index in [2.05, 4.69) is 19.9 Å². The van der Waals surface area contributed by atoms with E-state index in [1.807, 2.05) is 11.0 Å². The molecule has 0 saturated carbocycles. The van der Waals surface area contributed by atoms with E-state index in [0.29, 0.717) is 13.2 Å². The Bertz CT molecular complexity index is 389. The molecule has 0 radical (unpaired) electrons. The molecule has 0 spiro atoms. The van der Waals surface area contributed by atoms with Crippen molar-refractivity contribution in [2.24, 2.45) is 0 Å². The van der Waals surface area contributed by atoms with Gasteiger partial charge in [0.15, 0.2) is 0 Å². The Morgan fingerprint density at radius 1 is 1.53 bits per heavy atom. The van der Waals surface area contributed by atoms with E-state index in [1.54, 1.807) is 11.3 Å². The van der Waals surface area contributed by atoms with Crippen LogP contribution in [0.15, 0.2) is 12.1 Å². The summed E-state index contributed by atoms with van der Waals surface area (Å²) in [6, 6.07) is 4.00. The van der Waals surface area contributed by atoms with Crippen molar-refractivity contribution in [3.8, 4) is 0 Å². The smallest absolute Gasteiger partial charge is 0.264 e. The molecule has 0 N–H and O–H groups in total. The number of hydrogen-bond donors (Lipinski definition) is 0. The van der Waals surface area contributed by atoms with E-state index in [0.717, 1.165) is 24.3 Å². The molecule has 1 atom stereocenters. The van der Waals surface area contributed by atoms with Crippen molar-refractivity contribution in [1.82, 2.24) is 4.90 Å². The molecule has 2 rings (SSSR count). The lowest BCUT2D eigenvalue weighted by Crippen LogP contribution is -2.45. The normalized spacial score (nSPS) is 20.6. The second-order valence-corrected chi connectivity index (χ2v) is 5.44. The monoisotopic (exact) mass is 253 g/mol. The number of nitrogens with zero attached hydrogens (tertiary/aromatic N) is 1. The van der Waals surface area contributed by atoms with Crippen LogP contribution in [0.3, 0.4) is 0 Å². The maximum absolute atomic E-state index is 12.3. The Morgan fingerprint density at radius 2 is 2.35 bits per heavy atom. The molecule has 1 aliphatic rings. The molecule has 4 heteroatoms. The molecule has 3 nitrogen and oxygen atoms in total. The van der Waals surface area contributed by atoms with Crippen LogP contribution in [0.25, 0.3) is 0 Å². The summed E-state index contributed by atoms with van der Waals surface area (Å²) in [6.07, 6.45) is 2.17. The molecule has 1 unspecified atom stereocenters. The lowest BCUT2D eigenvalue weighted by atomic mass is 10.2. The highest BCUT2D eigenvalue weighted by Gasteiger charge is 2.24. The van der Waals surface area contributed by atoms with Crippen LogP contribution < -0.4 is 0 Å². The maximum Gasteiger partial charge on any atom is 0.264 e. The van der Waals surface area contributed by atoms with Gasteiger partial charge in [0.05, 0.1) is 17.6 Å². The summed E-state index contributed by atoms with van der Waals surface area (Å²) >= 11 is 1.61. The number of hydrogen-bond acceptors (Lipinski definition) is 3. The molecule has 0 aromatic carbocycles. The minimum atomic E-state index is 0.163. The molecule has 1 aromatic rings. The fourth-order valence-electron chi connectivity index (χ4n) is 1.99. The summed E-state index contributed by atoms with van der Waals surface area (Å²) in [5.41, 5.74) is 0. The van der Waals surface area contributed by atoms with Crippen LogP contribution in [-0.4, -0.2) is 36.6 Å². The standard InChI is InChI=1S/C13H19NO2S/c1-3-10-9-14(7-8-16-10)13(15)12-6-5-11(4-2)17-12/h5-6,10H,3-4,7-9H2,1-2H3. The van der Waals surface area contributed by atoms with Crippen molar-refractivity contribution >= 4 is 17.2 Å². The first-order chi connectivity index (χ1) is 8.24. The number of carbonyl (C=O) groups is 1. The third kappa shape index (κ3) is 2.87. The molecule has 17 heavy (non-hydrogen) atoms. The molecule has 1 amide bonds. The van der Waals surface area contributed by atoms with Gasteiger partial charge in [-0.05, 0) is 25.0 Å². The first-order valence-electron chi connectivity index (χ1n) is 6.24. The van der Waals surface area contributed by atoms with Crippen LogP contribution in [0.5, 0.6) is 0 Å². The van der Waals surface area contributed by atoms with Gasteiger partial charge in [0, 0.05) is 18.0 Å². The van der Waals surface area contributed by atoms with Crippen LogP contribution in [0.1, 0.15) is 34.8 Å². The summed E-state index contributed by atoms with van der Waals surface area (Å²) in [6.45, 7) is 6.32. The maximum atomic E-state index is 12.3. The van der Waals surface area contributed by atoms with Gasteiger partial charge in [0.1, 0.15) is 0 Å². The van der Waals surface area contributed by atoms with Crippen LogP contribution in [0.2, 0.25) is 0 Å². The molecule has 2 heterocycles. The molecule has 0 bridgehead atoms. The Hall–Kier alpha value is -0.870. The van der Waals surface area contributed by atoms with Crippen molar-refractivity contribution in [3.63, 3.8) is 0 Å². The third-order valence-corrected chi connectivity index (χ3v) is 4.32. The molecule has 1 aromatic heterocycles. The van der Waals surface area contributed by atoms with Gasteiger partial charge in [0.2, 0.25) is 0 Å². The largest absolute Gasteiger partial charge is 0.375 e. The van der Waals surface area contributed by atoms with Crippen molar-refractivity contribution in [2.75, 3.05) is 19.7 Å². The molecular weight excluding hydrogens is 234 g/mol. The number of morpholine rings is 1. The zero-order valence-electron chi connectivity index (χ0n) is 10.4. The number of ether oxygens (including phenoxy) is 1. The van der Waals surface area contributed by atoms with Gasteiger partial charge in [-0.1, -0.05) is 13.8 Å². The van der Waals surface area contributed by atoms with Crippen molar-refractivity contribution < 1.29 is 9.53 Å². The van der Waals surface area contributed by atoms with E-state index < -0.39 is 0 Å². The zero-order chi connectivity index (χ0) is 12.3. The molecule has 1 aliphatic heterocycles. The van der Waals surface area contributed by atoms with Crippen LogP contribution in [-0.2, 0) is 11.2 Å². The summed E-state index contributed by atoms with van der Waals surface area (Å²) in [7, 11) is 0. The van der Waals surface area contributed by atoms with Crippen molar-refractivity contribution in [1.29, 1.82) is 0 Å². The average molecular weight is 253 g/mol. The quantitative estimate of drug-likeness (QED) is 0.828. The van der Waals surface area contributed by atoms with Gasteiger partial charge in [0.25, 0.3) is 5.91 Å². The minimum Gasteiger partial charge on any atom is -0.375 e. The fraction of sp³-hybridized carbons (Fsp3) is 0.615. The summed E-state index contributed by atoms with van der Waals surface area (Å²) in [4.78, 5) is 16.3. The average Bonchev–Trinajstić information content (AvgIpc) is 2.86. The second-order valence-electron chi connectivity index (χ2n) is 4.27. The third-order valence-electron chi connectivity index (χ3n) is 3.10. The summed E-state index contributed by atoms with van der Waals surface area (Å²) in [5, 5.41) is 0. The van der Waals surface area contributed by atoms with Crippen LogP contribution in [0, 0.1) is 0 Å². The topological polar surface area (TPSA) is 29.5 Å². The highest BCUT2D eigenvalue weighted by Crippen LogP contribution is 2.20.